The zero-order valence-corrected chi connectivity index (χ0v) is 12.4. The molecule has 1 aromatic rings. The van der Waals surface area contributed by atoms with Crippen molar-refractivity contribution in [2.75, 3.05) is 6.54 Å². The van der Waals surface area contributed by atoms with Gasteiger partial charge in [0.15, 0.2) is 0 Å². The molecule has 0 aliphatic heterocycles. The first-order valence-corrected chi connectivity index (χ1v) is 7.17. The second-order valence-electron chi connectivity index (χ2n) is 5.24. The van der Waals surface area contributed by atoms with Gasteiger partial charge in [0.2, 0.25) is 5.01 Å². The first-order valence-electron chi connectivity index (χ1n) is 6.35. The molecule has 0 saturated heterocycles. The minimum absolute atomic E-state index is 0.0622. The number of rotatable bonds is 6. The van der Waals surface area contributed by atoms with Gasteiger partial charge in [0.1, 0.15) is 5.01 Å². The van der Waals surface area contributed by atoms with Gasteiger partial charge in [-0.3, -0.25) is 9.59 Å². The highest BCUT2D eigenvalue weighted by atomic mass is 32.1. The van der Waals surface area contributed by atoms with E-state index in [0.717, 1.165) is 24.0 Å². The molecule has 112 valence electrons. The minimum atomic E-state index is -0.499. The molecule has 0 spiro atoms. The number of nitrogens with zero attached hydrogens (tertiary/aromatic N) is 2. The van der Waals surface area contributed by atoms with Crippen molar-refractivity contribution in [1.82, 2.24) is 15.5 Å². The van der Waals surface area contributed by atoms with Crippen LogP contribution < -0.4 is 11.1 Å². The molecule has 8 heteroatoms. The molecular weight excluding hydrogens is 280 g/mol. The lowest BCUT2D eigenvalue weighted by Crippen LogP contribution is -2.26. The van der Waals surface area contributed by atoms with E-state index in [4.69, 9.17) is 15.6 Å². The second-order valence-corrected chi connectivity index (χ2v) is 6.22. The number of amides is 1. The number of nitrogens with one attached hydrogen (secondary N) is 1. The monoisotopic (exact) mass is 300 g/mol. The molecule has 4 N–H and O–H groups in total. The highest BCUT2D eigenvalue weighted by molar-refractivity contribution is 7.13. The number of primary amides is 1. The van der Waals surface area contributed by atoms with Gasteiger partial charge in [0.05, 0.1) is 0 Å². The van der Waals surface area contributed by atoms with Crippen LogP contribution in [0.4, 0.5) is 0 Å². The Morgan fingerprint density at radius 1 is 1.55 bits per heavy atom. The van der Waals surface area contributed by atoms with Gasteiger partial charge in [0.25, 0.3) is 12.4 Å². The maximum Gasteiger partial charge on any atom is 0.290 e. The van der Waals surface area contributed by atoms with Crippen molar-refractivity contribution in [2.45, 2.75) is 44.6 Å². The Morgan fingerprint density at radius 2 is 2.15 bits per heavy atom. The molecule has 1 amide bonds. The molecule has 1 heterocycles. The molecular formula is C12H20N4O3S. The van der Waals surface area contributed by atoms with Gasteiger partial charge in [0, 0.05) is 11.5 Å². The summed E-state index contributed by atoms with van der Waals surface area (Å²) >= 11 is 1.30. The van der Waals surface area contributed by atoms with Gasteiger partial charge in [-0.1, -0.05) is 25.2 Å². The quantitative estimate of drug-likeness (QED) is 0.667. The average molecular weight is 300 g/mol. The molecule has 7 nitrogen and oxygen atoms in total. The summed E-state index contributed by atoms with van der Waals surface area (Å²) in [5, 5.41) is 19.4. The van der Waals surface area contributed by atoms with Crippen molar-refractivity contribution in [1.29, 1.82) is 0 Å². The van der Waals surface area contributed by atoms with Crippen LogP contribution in [0.3, 0.4) is 0 Å². The van der Waals surface area contributed by atoms with Gasteiger partial charge in [-0.25, -0.2) is 0 Å². The van der Waals surface area contributed by atoms with Crippen LogP contribution in [-0.2, 0) is 10.2 Å². The molecule has 1 saturated carbocycles. The lowest BCUT2D eigenvalue weighted by atomic mass is 9.90. The summed E-state index contributed by atoms with van der Waals surface area (Å²) in [4.78, 5) is 19.3. The topological polar surface area (TPSA) is 118 Å². The van der Waals surface area contributed by atoms with Gasteiger partial charge < -0.3 is 16.2 Å². The number of carbonyl (C=O) groups excluding carboxylic acids is 1. The Bertz CT molecular complexity index is 457. The molecule has 1 aliphatic rings. The van der Waals surface area contributed by atoms with E-state index in [0.29, 0.717) is 5.01 Å². The van der Waals surface area contributed by atoms with Gasteiger partial charge in [-0.05, 0) is 25.8 Å². The van der Waals surface area contributed by atoms with Gasteiger partial charge >= 0.3 is 0 Å². The summed E-state index contributed by atoms with van der Waals surface area (Å²) in [6.45, 7) is 4.96. The summed E-state index contributed by atoms with van der Waals surface area (Å²) < 4.78 is 0. The third kappa shape index (κ3) is 5.22. The average Bonchev–Trinajstić information content (AvgIpc) is 3.03. The highest BCUT2D eigenvalue weighted by Gasteiger charge is 2.27. The van der Waals surface area contributed by atoms with Crippen LogP contribution in [0.25, 0.3) is 0 Å². The molecule has 1 aliphatic carbocycles. The number of carboxylic acid groups (broad SMARTS) is 1. The maximum atomic E-state index is 11.0. The molecule has 0 atom stereocenters. The van der Waals surface area contributed by atoms with E-state index < -0.39 is 5.91 Å². The van der Waals surface area contributed by atoms with Gasteiger partial charge in [-0.15, -0.1) is 10.2 Å². The SMILES string of the molecule is CC(C)(CCNC1CC1)c1nnc(C(N)=O)s1.O=CO. The second kappa shape index (κ2) is 7.30. The number of hydrogen-bond donors (Lipinski definition) is 3. The summed E-state index contributed by atoms with van der Waals surface area (Å²) in [7, 11) is 0. The van der Waals surface area contributed by atoms with E-state index in [9.17, 15) is 4.79 Å². The Labute approximate surface area is 121 Å². The Morgan fingerprint density at radius 3 is 2.60 bits per heavy atom. The standard InChI is InChI=1S/C11H18N4OS.CH2O2/c1-11(2,5-6-13-7-3-4-7)10-15-14-9(17-10)8(12)16;2-1-3/h7,13H,3-6H2,1-2H3,(H2,12,16);1H,(H,2,3). The van der Waals surface area contributed by atoms with Crippen LogP contribution in [0.15, 0.2) is 0 Å². The Hall–Kier alpha value is -1.54. The molecule has 1 aromatic heterocycles. The van der Waals surface area contributed by atoms with E-state index >= 15 is 0 Å². The lowest BCUT2D eigenvalue weighted by molar-refractivity contribution is -0.122. The fraction of sp³-hybridized carbons (Fsp3) is 0.667. The molecule has 0 bridgehead atoms. The molecule has 1 fully saturated rings. The first kappa shape index (κ1) is 16.5. The smallest absolute Gasteiger partial charge is 0.290 e. The number of aromatic nitrogens is 2. The van der Waals surface area contributed by atoms with E-state index in [-0.39, 0.29) is 11.9 Å². The van der Waals surface area contributed by atoms with Gasteiger partial charge in [-0.2, -0.15) is 0 Å². The van der Waals surface area contributed by atoms with Crippen LogP contribution >= 0.6 is 11.3 Å². The van der Waals surface area contributed by atoms with E-state index in [1.54, 1.807) is 0 Å². The molecule has 2 rings (SSSR count). The van der Waals surface area contributed by atoms with Crippen LogP contribution in [-0.4, -0.2) is 40.3 Å². The number of nitrogens with two attached hydrogens (primary N) is 1. The van der Waals surface area contributed by atoms with Crippen molar-refractivity contribution in [2.24, 2.45) is 5.73 Å². The lowest BCUT2D eigenvalue weighted by Gasteiger charge is -2.21. The Kier molecular flexibility index (Phi) is 6.03. The van der Waals surface area contributed by atoms with Crippen LogP contribution in [0.2, 0.25) is 0 Å². The van der Waals surface area contributed by atoms with Crippen molar-refractivity contribution < 1.29 is 14.7 Å². The molecule has 0 unspecified atom stereocenters. The molecule has 20 heavy (non-hydrogen) atoms. The predicted molar refractivity (Wildman–Crippen MR) is 75.8 cm³/mol. The number of carbonyl (C=O) groups is 2. The zero-order valence-electron chi connectivity index (χ0n) is 11.6. The van der Waals surface area contributed by atoms with Crippen LogP contribution in [0, 0.1) is 0 Å². The fourth-order valence-corrected chi connectivity index (χ4v) is 2.40. The normalized spacial score (nSPS) is 14.3. The minimum Gasteiger partial charge on any atom is -0.483 e. The van der Waals surface area contributed by atoms with Crippen molar-refractivity contribution in [3.05, 3.63) is 10.0 Å². The zero-order chi connectivity index (χ0) is 15.2. The number of hydrogen-bond acceptors (Lipinski definition) is 6. The summed E-state index contributed by atoms with van der Waals surface area (Å²) in [6, 6.07) is 0.724. The third-order valence-electron chi connectivity index (χ3n) is 2.98. The Balaban J connectivity index is 0.000000612. The molecule has 0 aromatic carbocycles. The van der Waals surface area contributed by atoms with E-state index in [2.05, 4.69) is 29.4 Å². The van der Waals surface area contributed by atoms with Crippen molar-refractivity contribution in [3.63, 3.8) is 0 Å². The summed E-state index contributed by atoms with van der Waals surface area (Å²) in [5.74, 6) is -0.499. The van der Waals surface area contributed by atoms with E-state index in [1.165, 1.54) is 24.2 Å². The largest absolute Gasteiger partial charge is 0.483 e. The molecule has 0 radical (unpaired) electrons. The summed E-state index contributed by atoms with van der Waals surface area (Å²) in [6.07, 6.45) is 3.58. The van der Waals surface area contributed by atoms with Crippen LogP contribution in [0.5, 0.6) is 0 Å². The maximum absolute atomic E-state index is 11.0. The fourth-order valence-electron chi connectivity index (χ4n) is 1.58. The predicted octanol–water partition coefficient (Wildman–Crippen LogP) is 0.757. The van der Waals surface area contributed by atoms with Crippen molar-refractivity contribution >= 4 is 23.7 Å². The van der Waals surface area contributed by atoms with Crippen molar-refractivity contribution in [3.8, 4) is 0 Å². The highest BCUT2D eigenvalue weighted by Crippen LogP contribution is 2.29. The van der Waals surface area contributed by atoms with E-state index in [1.807, 2.05) is 0 Å². The van der Waals surface area contributed by atoms with Crippen LogP contribution in [0.1, 0.15) is 47.9 Å². The first-order chi connectivity index (χ1) is 9.40. The summed E-state index contributed by atoms with van der Waals surface area (Å²) in [5.41, 5.74) is 5.11. The third-order valence-corrected chi connectivity index (χ3v) is 4.28.